The van der Waals surface area contributed by atoms with Crippen LogP contribution in [0.4, 0.5) is 0 Å². The van der Waals surface area contributed by atoms with E-state index in [4.69, 9.17) is 4.74 Å². The molecule has 180 valence electrons. The largest absolute Gasteiger partial charge is 0.491 e. The lowest BCUT2D eigenvalue weighted by molar-refractivity contribution is 0.0501. The van der Waals surface area contributed by atoms with Gasteiger partial charge in [0.25, 0.3) is 5.91 Å². The van der Waals surface area contributed by atoms with Crippen molar-refractivity contribution in [1.29, 1.82) is 0 Å². The molecule has 6 heteroatoms. The third kappa shape index (κ3) is 5.04. The molecule has 0 aromatic heterocycles. The van der Waals surface area contributed by atoms with E-state index >= 15 is 0 Å². The first-order valence-corrected chi connectivity index (χ1v) is 12.6. The summed E-state index contributed by atoms with van der Waals surface area (Å²) >= 11 is 0. The molecule has 0 fully saturated rings. The van der Waals surface area contributed by atoms with Crippen LogP contribution in [0.15, 0.2) is 48.5 Å². The summed E-state index contributed by atoms with van der Waals surface area (Å²) in [4.78, 5) is 19.7. The van der Waals surface area contributed by atoms with Gasteiger partial charge in [0.15, 0.2) is 0 Å². The molecule has 1 atom stereocenters. The van der Waals surface area contributed by atoms with Crippen LogP contribution in [0, 0.1) is 0 Å². The van der Waals surface area contributed by atoms with Gasteiger partial charge in [-0.2, -0.15) is 0 Å². The monoisotopic (exact) mass is 461 g/mol. The molecular weight excluding hydrogens is 426 g/mol. The minimum absolute atomic E-state index is 0.0585. The Balaban J connectivity index is 1.22. The van der Waals surface area contributed by atoms with Crippen LogP contribution in [0.1, 0.15) is 40.4 Å². The second kappa shape index (κ2) is 10.3. The van der Waals surface area contributed by atoms with E-state index in [2.05, 4.69) is 47.1 Å². The first-order chi connectivity index (χ1) is 16.6. The van der Waals surface area contributed by atoms with Crippen molar-refractivity contribution in [2.24, 2.45) is 0 Å². The van der Waals surface area contributed by atoms with Crippen LogP contribution < -0.4 is 4.74 Å². The Morgan fingerprint density at radius 2 is 1.82 bits per heavy atom. The Hall–Kier alpha value is -2.67. The molecule has 0 unspecified atom stereocenters. The zero-order valence-corrected chi connectivity index (χ0v) is 20.1. The predicted octanol–water partition coefficient (Wildman–Crippen LogP) is 3.05. The van der Waals surface area contributed by atoms with Crippen molar-refractivity contribution in [1.82, 2.24) is 14.7 Å². The van der Waals surface area contributed by atoms with Crippen molar-refractivity contribution in [2.75, 3.05) is 52.4 Å². The van der Waals surface area contributed by atoms with E-state index < -0.39 is 6.10 Å². The number of ether oxygens (including phenoxy) is 1. The minimum Gasteiger partial charge on any atom is -0.491 e. The van der Waals surface area contributed by atoms with Crippen molar-refractivity contribution in [3.8, 4) is 5.75 Å². The van der Waals surface area contributed by atoms with Gasteiger partial charge in [-0.15, -0.1) is 0 Å². The van der Waals surface area contributed by atoms with Gasteiger partial charge in [0.2, 0.25) is 0 Å². The van der Waals surface area contributed by atoms with Crippen molar-refractivity contribution < 1.29 is 14.6 Å². The molecule has 6 nitrogen and oxygen atoms in total. The van der Waals surface area contributed by atoms with Gasteiger partial charge < -0.3 is 14.7 Å². The van der Waals surface area contributed by atoms with E-state index in [-0.39, 0.29) is 5.91 Å². The topological polar surface area (TPSA) is 56.2 Å². The van der Waals surface area contributed by atoms with Crippen LogP contribution in [0.25, 0.3) is 5.57 Å². The highest BCUT2D eigenvalue weighted by molar-refractivity contribution is 5.97. The fraction of sp³-hybridized carbons (Fsp3) is 0.464. The summed E-state index contributed by atoms with van der Waals surface area (Å²) in [5, 5.41) is 10.8. The number of hydrogen-bond donors (Lipinski definition) is 1. The van der Waals surface area contributed by atoms with Gasteiger partial charge in [0.1, 0.15) is 12.4 Å². The molecule has 2 aromatic carbocycles. The maximum Gasteiger partial charge on any atom is 0.257 e. The fourth-order valence-corrected chi connectivity index (χ4v) is 5.31. The first-order valence-electron chi connectivity index (χ1n) is 12.6. The molecule has 1 amide bonds. The van der Waals surface area contributed by atoms with Crippen LogP contribution in [0.3, 0.4) is 0 Å². The molecule has 3 aliphatic rings. The molecular formula is C28H35N3O3. The number of β-amino-alcohol motifs (C(OH)–C–C–N with tert-alkyl or cyclic N) is 1. The fourth-order valence-electron chi connectivity index (χ4n) is 5.31. The summed E-state index contributed by atoms with van der Waals surface area (Å²) in [6, 6.07) is 14.5. The number of hydrogen-bond acceptors (Lipinski definition) is 5. The average molecular weight is 462 g/mol. The minimum atomic E-state index is -0.594. The van der Waals surface area contributed by atoms with Crippen molar-refractivity contribution >= 4 is 11.5 Å². The quantitative estimate of drug-likeness (QED) is 0.717. The molecule has 3 heterocycles. The average Bonchev–Trinajstić information content (AvgIpc) is 3.02. The Morgan fingerprint density at radius 3 is 2.62 bits per heavy atom. The van der Waals surface area contributed by atoms with Crippen LogP contribution in [-0.4, -0.2) is 84.2 Å². The van der Waals surface area contributed by atoms with Gasteiger partial charge in [-0.3, -0.25) is 14.6 Å². The van der Waals surface area contributed by atoms with Gasteiger partial charge in [-0.25, -0.2) is 0 Å². The first kappa shape index (κ1) is 23.1. The number of amides is 1. The molecule has 1 N–H and O–H groups in total. The van der Waals surface area contributed by atoms with Gasteiger partial charge in [0.05, 0.1) is 18.2 Å². The summed E-state index contributed by atoms with van der Waals surface area (Å²) in [6.45, 7) is 8.88. The van der Waals surface area contributed by atoms with Crippen LogP contribution in [0.5, 0.6) is 5.75 Å². The highest BCUT2D eigenvalue weighted by Crippen LogP contribution is 2.30. The number of likely N-dealkylation sites (N-methyl/N-ethyl adjacent to an activating group) is 1. The number of nitrogens with zero attached hydrogens (tertiary/aromatic N) is 3. The van der Waals surface area contributed by atoms with E-state index in [0.717, 1.165) is 51.1 Å². The van der Waals surface area contributed by atoms with Crippen LogP contribution in [0.2, 0.25) is 0 Å². The second-order valence-corrected chi connectivity index (χ2v) is 9.59. The SMILES string of the molecule is CCN1CC=C(c2ccc3c(c2)OCCN(C[C@H](O)CN2CCc4ccccc4C2)C3=O)CC1. The normalized spacial score (nSPS) is 20.1. The molecule has 5 rings (SSSR count). The Bertz CT molecular complexity index is 1070. The third-order valence-electron chi connectivity index (χ3n) is 7.34. The number of carbonyl (C=O) groups excluding carboxylic acids is 1. The molecule has 0 bridgehead atoms. The molecule has 0 saturated carbocycles. The Morgan fingerprint density at radius 1 is 1.00 bits per heavy atom. The zero-order chi connectivity index (χ0) is 23.5. The van der Waals surface area contributed by atoms with E-state index in [9.17, 15) is 9.90 Å². The van der Waals surface area contributed by atoms with Crippen LogP contribution >= 0.6 is 0 Å². The van der Waals surface area contributed by atoms with Gasteiger partial charge >= 0.3 is 0 Å². The lowest BCUT2D eigenvalue weighted by Crippen LogP contribution is -2.44. The van der Waals surface area contributed by atoms with Gasteiger partial charge in [-0.05, 0) is 53.8 Å². The number of fused-ring (bicyclic) bond motifs is 2. The maximum absolute atomic E-state index is 13.3. The van der Waals surface area contributed by atoms with E-state index in [1.807, 2.05) is 18.2 Å². The lowest BCUT2D eigenvalue weighted by Gasteiger charge is -2.32. The predicted molar refractivity (Wildman–Crippen MR) is 134 cm³/mol. The van der Waals surface area contributed by atoms with Crippen molar-refractivity contribution in [3.05, 3.63) is 70.8 Å². The van der Waals surface area contributed by atoms with Gasteiger partial charge in [-0.1, -0.05) is 43.3 Å². The molecule has 3 aliphatic heterocycles. The molecule has 0 radical (unpaired) electrons. The number of carbonyl (C=O) groups is 1. The van der Waals surface area contributed by atoms with E-state index in [1.54, 1.807) is 4.90 Å². The maximum atomic E-state index is 13.3. The summed E-state index contributed by atoms with van der Waals surface area (Å²) in [6.07, 6.45) is 3.71. The molecule has 34 heavy (non-hydrogen) atoms. The summed E-state index contributed by atoms with van der Waals surface area (Å²) in [7, 11) is 0. The van der Waals surface area contributed by atoms with Crippen molar-refractivity contribution in [2.45, 2.75) is 32.4 Å². The molecule has 0 aliphatic carbocycles. The van der Waals surface area contributed by atoms with Crippen LogP contribution in [-0.2, 0) is 13.0 Å². The molecule has 0 spiro atoms. The number of rotatable bonds is 6. The lowest BCUT2D eigenvalue weighted by atomic mass is 9.97. The third-order valence-corrected chi connectivity index (χ3v) is 7.34. The second-order valence-electron chi connectivity index (χ2n) is 9.59. The standard InChI is InChI=1S/C28H35N3O3/c1-2-29-12-9-22(10-13-29)23-7-8-26-27(17-23)34-16-15-31(28(26)33)20-25(32)19-30-14-11-21-5-3-4-6-24(21)18-30/h3-9,17,25,32H,2,10-16,18-20H2,1H3/t25-/m1/s1. The summed E-state index contributed by atoms with van der Waals surface area (Å²) in [5.74, 6) is 0.600. The van der Waals surface area contributed by atoms with E-state index in [0.29, 0.717) is 37.6 Å². The number of aliphatic hydroxyl groups is 1. The Kier molecular flexibility index (Phi) is 6.99. The molecule has 2 aromatic rings. The van der Waals surface area contributed by atoms with Gasteiger partial charge in [0, 0.05) is 39.3 Å². The molecule has 0 saturated heterocycles. The Labute approximate surface area is 202 Å². The highest BCUT2D eigenvalue weighted by atomic mass is 16.5. The smallest absolute Gasteiger partial charge is 0.257 e. The highest BCUT2D eigenvalue weighted by Gasteiger charge is 2.27. The number of benzene rings is 2. The summed E-state index contributed by atoms with van der Waals surface area (Å²) < 4.78 is 6.00. The summed E-state index contributed by atoms with van der Waals surface area (Å²) in [5.41, 5.74) is 5.78. The van der Waals surface area contributed by atoms with E-state index in [1.165, 1.54) is 16.7 Å². The zero-order valence-electron chi connectivity index (χ0n) is 20.1. The van der Waals surface area contributed by atoms with Crippen molar-refractivity contribution in [3.63, 3.8) is 0 Å². The number of aliphatic hydroxyl groups excluding tert-OH is 1.